The fraction of sp³-hybridized carbons (Fsp3) is 0.250. The highest BCUT2D eigenvalue weighted by atomic mass is 35.5. The topological polar surface area (TPSA) is 88.5 Å². The summed E-state index contributed by atoms with van der Waals surface area (Å²) in [6, 6.07) is 4.22. The Bertz CT molecular complexity index is 704. The Morgan fingerprint density at radius 2 is 2.29 bits per heavy atom. The van der Waals surface area contributed by atoms with E-state index in [1.54, 1.807) is 5.51 Å². The molecule has 2 aromatic rings. The largest absolute Gasteiger partial charge is 0.495 e. The van der Waals surface area contributed by atoms with Gasteiger partial charge in [0.15, 0.2) is 0 Å². The van der Waals surface area contributed by atoms with E-state index < -0.39 is 16.1 Å². The van der Waals surface area contributed by atoms with Crippen LogP contribution in [0, 0.1) is 0 Å². The molecular weight excluding hydrogens is 336 g/mol. The van der Waals surface area contributed by atoms with Crippen LogP contribution in [0.1, 0.15) is 11.0 Å². The summed E-state index contributed by atoms with van der Waals surface area (Å²) in [5, 5.41) is 10.3. The molecule has 0 radical (unpaired) electrons. The Balaban J connectivity index is 2.15. The first-order chi connectivity index (χ1) is 9.94. The fourth-order valence-electron chi connectivity index (χ4n) is 1.62. The number of hydrogen-bond donors (Lipinski definition) is 2. The van der Waals surface area contributed by atoms with Crippen LogP contribution in [0.3, 0.4) is 0 Å². The minimum atomic E-state index is -3.82. The number of rotatable bonds is 6. The number of nitrogens with zero attached hydrogens (tertiary/aromatic N) is 1. The monoisotopic (exact) mass is 348 g/mol. The zero-order chi connectivity index (χ0) is 15.5. The van der Waals surface area contributed by atoms with Gasteiger partial charge in [-0.2, -0.15) is 0 Å². The maximum atomic E-state index is 12.2. The summed E-state index contributed by atoms with van der Waals surface area (Å²) < 4.78 is 31.8. The molecule has 1 heterocycles. The summed E-state index contributed by atoms with van der Waals surface area (Å²) in [5.74, 6) is 0.141. The molecule has 1 unspecified atom stereocenters. The van der Waals surface area contributed by atoms with Crippen LogP contribution in [-0.2, 0) is 10.0 Å². The van der Waals surface area contributed by atoms with Gasteiger partial charge in [-0.3, -0.25) is 4.98 Å². The van der Waals surface area contributed by atoms with Gasteiger partial charge in [-0.05, 0) is 12.1 Å². The number of thiazole rings is 1. The molecule has 9 heteroatoms. The fourth-order valence-corrected chi connectivity index (χ4v) is 3.58. The van der Waals surface area contributed by atoms with E-state index >= 15 is 0 Å². The molecule has 0 saturated heterocycles. The Kier molecular flexibility index (Phi) is 5.17. The van der Waals surface area contributed by atoms with Crippen molar-refractivity contribution < 1.29 is 18.3 Å². The number of sulfonamides is 1. The van der Waals surface area contributed by atoms with Gasteiger partial charge in [0.2, 0.25) is 10.0 Å². The summed E-state index contributed by atoms with van der Waals surface area (Å²) in [7, 11) is -2.46. The van der Waals surface area contributed by atoms with E-state index in [1.165, 1.54) is 42.8 Å². The third kappa shape index (κ3) is 3.92. The summed E-state index contributed by atoms with van der Waals surface area (Å²) in [4.78, 5) is 4.38. The number of methoxy groups -OCH3 is 1. The molecule has 0 aliphatic carbocycles. The predicted molar refractivity (Wildman–Crippen MR) is 80.3 cm³/mol. The van der Waals surface area contributed by atoms with Crippen molar-refractivity contribution in [3.05, 3.63) is 39.8 Å². The number of ether oxygens (including phenoxy) is 1. The predicted octanol–water partition coefficient (Wildman–Crippen LogP) is 1.82. The number of aliphatic hydroxyl groups excluding tert-OH is 1. The summed E-state index contributed by atoms with van der Waals surface area (Å²) in [5.41, 5.74) is 1.56. The Morgan fingerprint density at radius 1 is 1.52 bits per heavy atom. The van der Waals surface area contributed by atoms with Gasteiger partial charge in [-0.1, -0.05) is 11.6 Å². The minimum Gasteiger partial charge on any atom is -0.495 e. The van der Waals surface area contributed by atoms with Crippen molar-refractivity contribution in [2.24, 2.45) is 0 Å². The van der Waals surface area contributed by atoms with E-state index in [1.807, 2.05) is 0 Å². The number of benzene rings is 1. The number of aliphatic hydroxyl groups is 1. The Hall–Kier alpha value is -1.19. The van der Waals surface area contributed by atoms with Crippen molar-refractivity contribution in [1.29, 1.82) is 0 Å². The smallest absolute Gasteiger partial charge is 0.244 e. The number of aromatic nitrogens is 1. The van der Waals surface area contributed by atoms with Crippen LogP contribution in [0.25, 0.3) is 0 Å². The second-order valence-corrected chi connectivity index (χ2v) is 7.16. The molecule has 1 atom stereocenters. The van der Waals surface area contributed by atoms with Crippen LogP contribution in [0.15, 0.2) is 34.8 Å². The average molecular weight is 349 g/mol. The zero-order valence-corrected chi connectivity index (χ0v) is 13.4. The quantitative estimate of drug-likeness (QED) is 0.831. The standard InChI is InChI=1S/C12H13ClN2O4S2/c1-19-10-4-8(13)2-3-12(10)21(17,18)15-5-9(16)11-6-14-7-20-11/h2-4,6-7,9,15-16H,5H2,1H3. The highest BCUT2D eigenvalue weighted by molar-refractivity contribution is 7.89. The molecule has 2 rings (SSSR count). The molecule has 114 valence electrons. The molecule has 21 heavy (non-hydrogen) atoms. The van der Waals surface area contributed by atoms with Gasteiger partial charge in [0.05, 0.1) is 17.5 Å². The molecule has 2 N–H and O–H groups in total. The van der Waals surface area contributed by atoms with Crippen molar-refractivity contribution in [3.8, 4) is 5.75 Å². The molecule has 1 aromatic heterocycles. The molecule has 1 aromatic carbocycles. The van der Waals surface area contributed by atoms with Crippen molar-refractivity contribution in [2.45, 2.75) is 11.0 Å². The van der Waals surface area contributed by atoms with Gasteiger partial charge in [-0.15, -0.1) is 11.3 Å². The first kappa shape index (κ1) is 16.2. The third-order valence-corrected chi connectivity index (χ3v) is 5.24. The lowest BCUT2D eigenvalue weighted by atomic mass is 10.3. The third-order valence-electron chi connectivity index (χ3n) is 2.66. The Labute approximate surface area is 131 Å². The summed E-state index contributed by atoms with van der Waals surface area (Å²) in [6.45, 7) is -0.156. The Morgan fingerprint density at radius 3 is 2.90 bits per heavy atom. The minimum absolute atomic E-state index is 0.0362. The molecule has 0 aliphatic rings. The zero-order valence-electron chi connectivity index (χ0n) is 11.0. The first-order valence-electron chi connectivity index (χ1n) is 5.83. The molecule has 0 fully saturated rings. The number of hydrogen-bond acceptors (Lipinski definition) is 6. The van der Waals surface area contributed by atoms with E-state index in [9.17, 15) is 13.5 Å². The molecule has 6 nitrogen and oxygen atoms in total. The lowest BCUT2D eigenvalue weighted by Gasteiger charge is -2.13. The molecule has 0 bridgehead atoms. The van der Waals surface area contributed by atoms with Gasteiger partial charge < -0.3 is 9.84 Å². The first-order valence-corrected chi connectivity index (χ1v) is 8.58. The van der Waals surface area contributed by atoms with E-state index in [4.69, 9.17) is 16.3 Å². The van der Waals surface area contributed by atoms with Gasteiger partial charge in [-0.25, -0.2) is 13.1 Å². The molecule has 0 spiro atoms. The van der Waals surface area contributed by atoms with Crippen molar-refractivity contribution in [1.82, 2.24) is 9.71 Å². The molecular formula is C12H13ClN2O4S2. The van der Waals surface area contributed by atoms with Gasteiger partial charge >= 0.3 is 0 Å². The molecule has 0 saturated carbocycles. The maximum absolute atomic E-state index is 12.2. The molecule has 0 aliphatic heterocycles. The van der Waals surface area contributed by atoms with Crippen molar-refractivity contribution in [2.75, 3.05) is 13.7 Å². The van der Waals surface area contributed by atoms with Crippen LogP contribution in [0.4, 0.5) is 0 Å². The van der Waals surface area contributed by atoms with Gasteiger partial charge in [0.1, 0.15) is 16.7 Å². The molecule has 0 amide bonds. The normalized spacial score (nSPS) is 13.1. The van der Waals surface area contributed by atoms with E-state index in [0.717, 1.165) is 0 Å². The lowest BCUT2D eigenvalue weighted by Crippen LogP contribution is -2.28. The van der Waals surface area contributed by atoms with Gasteiger partial charge in [0.25, 0.3) is 0 Å². The second-order valence-electron chi connectivity index (χ2n) is 4.07. The van der Waals surface area contributed by atoms with E-state index in [2.05, 4.69) is 9.71 Å². The average Bonchev–Trinajstić information content (AvgIpc) is 2.98. The van der Waals surface area contributed by atoms with Crippen LogP contribution < -0.4 is 9.46 Å². The highest BCUT2D eigenvalue weighted by Crippen LogP contribution is 2.27. The van der Waals surface area contributed by atoms with Crippen molar-refractivity contribution >= 4 is 33.0 Å². The van der Waals surface area contributed by atoms with Crippen LogP contribution in [0.5, 0.6) is 5.75 Å². The van der Waals surface area contributed by atoms with E-state index in [0.29, 0.717) is 9.90 Å². The highest BCUT2D eigenvalue weighted by Gasteiger charge is 2.21. The van der Waals surface area contributed by atoms with Crippen molar-refractivity contribution in [3.63, 3.8) is 0 Å². The summed E-state index contributed by atoms with van der Waals surface area (Å²) in [6.07, 6.45) is 0.539. The van der Waals surface area contributed by atoms with Gasteiger partial charge in [0, 0.05) is 23.8 Å². The summed E-state index contributed by atoms with van der Waals surface area (Å²) >= 11 is 7.05. The lowest BCUT2D eigenvalue weighted by molar-refractivity contribution is 0.185. The SMILES string of the molecule is COc1cc(Cl)ccc1S(=O)(=O)NCC(O)c1cncs1. The second kappa shape index (κ2) is 6.71. The van der Waals surface area contributed by atoms with Crippen LogP contribution in [-0.4, -0.2) is 32.2 Å². The van der Waals surface area contributed by atoms with Crippen LogP contribution >= 0.6 is 22.9 Å². The number of nitrogens with one attached hydrogen (secondary N) is 1. The van der Waals surface area contributed by atoms with E-state index in [-0.39, 0.29) is 17.2 Å². The maximum Gasteiger partial charge on any atom is 0.244 e. The van der Waals surface area contributed by atoms with Crippen LogP contribution in [0.2, 0.25) is 5.02 Å². The number of halogens is 1.